The van der Waals surface area contributed by atoms with Crippen LogP contribution < -0.4 is 4.72 Å². The highest BCUT2D eigenvalue weighted by atomic mass is 32.2. The molecule has 0 spiro atoms. The molecule has 2 unspecified atom stereocenters. The number of nitrogens with one attached hydrogen (secondary N) is 1. The molecular weight excluding hydrogens is 297 g/mol. The first-order valence-electron chi connectivity index (χ1n) is 6.31. The van der Waals surface area contributed by atoms with Crippen molar-refractivity contribution in [2.75, 3.05) is 0 Å². The minimum absolute atomic E-state index is 0.000835. The fourth-order valence-corrected chi connectivity index (χ4v) is 4.56. The van der Waals surface area contributed by atoms with Crippen LogP contribution in [0.15, 0.2) is 41.8 Å². The molecule has 0 amide bonds. The summed E-state index contributed by atoms with van der Waals surface area (Å²) in [6.45, 7) is 0. The minimum Gasteiger partial charge on any atom is -0.212 e. The van der Waals surface area contributed by atoms with E-state index in [-0.39, 0.29) is 17.6 Å². The summed E-state index contributed by atoms with van der Waals surface area (Å²) in [5, 5.41) is 2.00. The number of hydrogen-bond acceptors (Lipinski definition) is 3. The van der Waals surface area contributed by atoms with E-state index < -0.39 is 10.0 Å². The summed E-state index contributed by atoms with van der Waals surface area (Å²) >= 11 is 1.65. The Kier molecular flexibility index (Phi) is 3.62. The van der Waals surface area contributed by atoms with Gasteiger partial charge in [0, 0.05) is 16.8 Å². The fraction of sp³-hybridized carbons (Fsp3) is 0.286. The Hall–Kier alpha value is -1.24. The van der Waals surface area contributed by atoms with Gasteiger partial charge in [0.1, 0.15) is 5.82 Å². The number of sulfonamides is 1. The number of rotatable bonds is 5. The van der Waals surface area contributed by atoms with Crippen LogP contribution in [0.3, 0.4) is 0 Å². The summed E-state index contributed by atoms with van der Waals surface area (Å²) in [5.74, 6) is -0.168. The molecule has 2 aromatic rings. The Morgan fingerprint density at radius 3 is 2.65 bits per heavy atom. The molecule has 2 atom stereocenters. The molecule has 1 aromatic carbocycles. The van der Waals surface area contributed by atoms with E-state index in [0.717, 1.165) is 6.42 Å². The third-order valence-corrected chi connectivity index (χ3v) is 5.68. The quantitative estimate of drug-likeness (QED) is 0.923. The molecule has 1 aromatic heterocycles. The van der Waals surface area contributed by atoms with Crippen LogP contribution in [0.1, 0.15) is 22.8 Å². The maximum atomic E-state index is 12.8. The smallest absolute Gasteiger partial charge is 0.212 e. The lowest BCUT2D eigenvalue weighted by molar-refractivity contribution is 0.579. The predicted molar refractivity (Wildman–Crippen MR) is 77.6 cm³/mol. The molecule has 3 nitrogen and oxygen atoms in total. The molecule has 1 aliphatic carbocycles. The van der Waals surface area contributed by atoms with E-state index in [1.165, 1.54) is 29.1 Å². The monoisotopic (exact) mass is 311 g/mol. The summed E-state index contributed by atoms with van der Waals surface area (Å²) < 4.78 is 39.6. The van der Waals surface area contributed by atoms with Crippen molar-refractivity contribution in [2.45, 2.75) is 24.1 Å². The Morgan fingerprint density at radius 2 is 2.00 bits per heavy atom. The van der Waals surface area contributed by atoms with Gasteiger partial charge < -0.3 is 0 Å². The van der Waals surface area contributed by atoms with Crippen LogP contribution in [0.5, 0.6) is 0 Å². The Morgan fingerprint density at radius 1 is 1.25 bits per heavy atom. The van der Waals surface area contributed by atoms with E-state index >= 15 is 0 Å². The summed E-state index contributed by atoms with van der Waals surface area (Å²) in [6, 6.07) is 9.55. The van der Waals surface area contributed by atoms with Crippen molar-refractivity contribution in [3.63, 3.8) is 0 Å². The van der Waals surface area contributed by atoms with Crippen LogP contribution in [-0.2, 0) is 15.8 Å². The predicted octanol–water partition coefficient (Wildman–Crippen LogP) is 2.86. The standard InChI is InChI=1S/C14H14FNO2S2/c15-11-5-3-10(4-6-11)9-20(17,18)16-13-8-12(13)14-2-1-7-19-14/h1-7,12-13,16H,8-9H2. The molecule has 1 N–H and O–H groups in total. The third kappa shape index (κ3) is 3.26. The summed E-state index contributed by atoms with van der Waals surface area (Å²) in [5.41, 5.74) is 0.590. The van der Waals surface area contributed by atoms with Gasteiger partial charge in [0.15, 0.2) is 0 Å². The Balaban J connectivity index is 1.61. The van der Waals surface area contributed by atoms with E-state index in [4.69, 9.17) is 0 Å². The van der Waals surface area contributed by atoms with Crippen LogP contribution in [-0.4, -0.2) is 14.5 Å². The molecule has 1 aliphatic rings. The lowest BCUT2D eigenvalue weighted by Crippen LogP contribution is -2.28. The number of benzene rings is 1. The summed E-state index contributed by atoms with van der Waals surface area (Å²) in [4.78, 5) is 1.22. The van der Waals surface area contributed by atoms with E-state index in [9.17, 15) is 12.8 Å². The molecule has 0 saturated heterocycles. The van der Waals surface area contributed by atoms with Crippen LogP contribution >= 0.6 is 11.3 Å². The van der Waals surface area contributed by atoms with Gasteiger partial charge in [-0.1, -0.05) is 18.2 Å². The first-order valence-corrected chi connectivity index (χ1v) is 8.84. The molecule has 1 saturated carbocycles. The van der Waals surface area contributed by atoms with Gasteiger partial charge in [0.25, 0.3) is 0 Å². The van der Waals surface area contributed by atoms with Crippen LogP contribution in [0.2, 0.25) is 0 Å². The van der Waals surface area contributed by atoms with Crippen LogP contribution in [0, 0.1) is 5.82 Å². The van der Waals surface area contributed by atoms with Gasteiger partial charge in [-0.05, 0) is 35.6 Å². The summed E-state index contributed by atoms with van der Waals surface area (Å²) in [6.07, 6.45) is 0.850. The van der Waals surface area contributed by atoms with E-state index in [0.29, 0.717) is 11.5 Å². The normalized spacial score (nSPS) is 21.9. The van der Waals surface area contributed by atoms with Crippen molar-refractivity contribution in [2.24, 2.45) is 0 Å². The maximum absolute atomic E-state index is 12.8. The largest absolute Gasteiger partial charge is 0.216 e. The number of hydrogen-bond donors (Lipinski definition) is 1. The highest BCUT2D eigenvalue weighted by Gasteiger charge is 2.41. The lowest BCUT2D eigenvalue weighted by Gasteiger charge is -2.06. The van der Waals surface area contributed by atoms with Gasteiger partial charge in [0.05, 0.1) is 5.75 Å². The second-order valence-corrected chi connectivity index (χ2v) is 7.70. The van der Waals surface area contributed by atoms with Crippen molar-refractivity contribution in [1.82, 2.24) is 4.72 Å². The average Bonchev–Trinajstić information content (AvgIpc) is 2.92. The van der Waals surface area contributed by atoms with Crippen molar-refractivity contribution in [1.29, 1.82) is 0 Å². The number of halogens is 1. The van der Waals surface area contributed by atoms with Gasteiger partial charge >= 0.3 is 0 Å². The minimum atomic E-state index is -3.38. The molecule has 106 valence electrons. The SMILES string of the molecule is O=S(=O)(Cc1ccc(F)cc1)NC1CC1c1cccs1. The average molecular weight is 311 g/mol. The van der Waals surface area contributed by atoms with Gasteiger partial charge in [-0.25, -0.2) is 17.5 Å². The van der Waals surface area contributed by atoms with E-state index in [1.807, 2.05) is 17.5 Å². The van der Waals surface area contributed by atoms with Crippen molar-refractivity contribution in [3.05, 3.63) is 58.0 Å². The van der Waals surface area contributed by atoms with Crippen molar-refractivity contribution < 1.29 is 12.8 Å². The van der Waals surface area contributed by atoms with Gasteiger partial charge in [-0.15, -0.1) is 11.3 Å². The van der Waals surface area contributed by atoms with Crippen LogP contribution in [0.25, 0.3) is 0 Å². The molecule has 0 aliphatic heterocycles. The van der Waals surface area contributed by atoms with E-state index in [1.54, 1.807) is 11.3 Å². The second kappa shape index (κ2) is 5.27. The highest BCUT2D eigenvalue weighted by molar-refractivity contribution is 7.88. The number of thiophene rings is 1. The molecule has 0 radical (unpaired) electrons. The molecule has 1 fully saturated rings. The lowest BCUT2D eigenvalue weighted by atomic mass is 10.2. The molecule has 1 heterocycles. The molecule has 3 rings (SSSR count). The van der Waals surface area contributed by atoms with E-state index in [2.05, 4.69) is 4.72 Å². The second-order valence-electron chi connectivity index (χ2n) is 4.97. The Bertz CT molecular complexity index is 680. The van der Waals surface area contributed by atoms with Gasteiger partial charge in [0.2, 0.25) is 10.0 Å². The van der Waals surface area contributed by atoms with Gasteiger partial charge in [-0.2, -0.15) is 0 Å². The first-order chi connectivity index (χ1) is 9.53. The summed E-state index contributed by atoms with van der Waals surface area (Å²) in [7, 11) is -3.38. The first kappa shape index (κ1) is 13.7. The van der Waals surface area contributed by atoms with Crippen molar-refractivity contribution in [3.8, 4) is 0 Å². The maximum Gasteiger partial charge on any atom is 0.216 e. The van der Waals surface area contributed by atoms with Gasteiger partial charge in [-0.3, -0.25) is 0 Å². The third-order valence-electron chi connectivity index (χ3n) is 3.30. The molecular formula is C14H14FNO2S2. The van der Waals surface area contributed by atoms with Crippen LogP contribution in [0.4, 0.5) is 4.39 Å². The molecule has 20 heavy (non-hydrogen) atoms. The Labute approximate surface area is 121 Å². The molecule has 0 bridgehead atoms. The van der Waals surface area contributed by atoms with Crippen molar-refractivity contribution >= 4 is 21.4 Å². The zero-order chi connectivity index (χ0) is 14.2. The highest BCUT2D eigenvalue weighted by Crippen LogP contribution is 2.43. The fourth-order valence-electron chi connectivity index (χ4n) is 2.21. The molecule has 6 heteroatoms. The topological polar surface area (TPSA) is 46.2 Å². The zero-order valence-corrected chi connectivity index (χ0v) is 12.3. The zero-order valence-electron chi connectivity index (χ0n) is 10.6.